The number of halogens is 2. The Morgan fingerprint density at radius 2 is 2.07 bits per heavy atom. The highest BCUT2D eigenvalue weighted by molar-refractivity contribution is 7.12. The predicted octanol–water partition coefficient (Wildman–Crippen LogP) is 2.98. The number of likely N-dealkylation sites (tertiary alicyclic amines) is 1. The van der Waals surface area contributed by atoms with E-state index in [9.17, 15) is 18.7 Å². The molecule has 1 fully saturated rings. The minimum Gasteiger partial charge on any atom is -0.467 e. The maximum absolute atomic E-state index is 12.7. The molecular weight excluding hydrogens is 376 g/mol. The molecule has 1 aromatic heterocycles. The second kappa shape index (κ2) is 9.91. The number of esters is 1. The average molecular weight is 406 g/mol. The molecule has 1 aromatic rings. The van der Waals surface area contributed by atoms with Gasteiger partial charge < -0.3 is 14.6 Å². The van der Waals surface area contributed by atoms with Crippen molar-refractivity contribution >= 4 is 17.3 Å². The molecule has 1 saturated heterocycles. The van der Waals surface area contributed by atoms with Crippen LogP contribution in [0.15, 0.2) is 6.07 Å². The molecule has 2 aliphatic heterocycles. The van der Waals surface area contributed by atoms with Gasteiger partial charge in [0.1, 0.15) is 5.60 Å². The van der Waals surface area contributed by atoms with Crippen molar-refractivity contribution in [2.75, 3.05) is 33.4 Å². The lowest BCUT2D eigenvalue weighted by molar-refractivity contribution is -0.152. The van der Waals surface area contributed by atoms with Crippen LogP contribution in [0.2, 0.25) is 0 Å². The number of carbonyl (C=O) groups excluding carboxylic acids is 1. The van der Waals surface area contributed by atoms with Gasteiger partial charge in [-0.25, -0.2) is 13.6 Å². The maximum Gasteiger partial charge on any atom is 0.336 e. The molecule has 3 heterocycles. The highest BCUT2D eigenvalue weighted by atomic mass is 32.1. The first-order valence-corrected chi connectivity index (χ1v) is 10.3. The standard InChI is InChI=1S/C17H23F2NO4S.C2H6/c1-23-16(22)13(21)10-20-5-3-17(4-6-20)15-11(2-7-24-17)8-12(25-15)9-14(18)19;1-2/h8,13-14,21H,2-7,9-10H2,1H3;1-2H3. The number of thiophene rings is 1. The molecule has 27 heavy (non-hydrogen) atoms. The largest absolute Gasteiger partial charge is 0.467 e. The monoisotopic (exact) mass is 405 g/mol. The number of carbonyl (C=O) groups is 1. The molecule has 0 bridgehead atoms. The van der Waals surface area contributed by atoms with Crippen molar-refractivity contribution in [2.45, 2.75) is 57.7 Å². The lowest BCUT2D eigenvalue weighted by atomic mass is 9.85. The van der Waals surface area contributed by atoms with Crippen LogP contribution in [0, 0.1) is 0 Å². The first-order chi connectivity index (χ1) is 12.9. The van der Waals surface area contributed by atoms with Crippen LogP contribution in [0.1, 0.15) is 42.0 Å². The molecule has 1 atom stereocenters. The van der Waals surface area contributed by atoms with Crippen molar-refractivity contribution in [2.24, 2.45) is 0 Å². The molecule has 0 aliphatic carbocycles. The number of aliphatic hydroxyl groups excluding tert-OH is 1. The Balaban J connectivity index is 0.00000126. The molecule has 1 unspecified atom stereocenters. The summed E-state index contributed by atoms with van der Waals surface area (Å²) in [6, 6.07) is 1.91. The minimum absolute atomic E-state index is 0.203. The molecule has 154 valence electrons. The molecule has 0 radical (unpaired) electrons. The van der Waals surface area contributed by atoms with Crippen LogP contribution in [0.4, 0.5) is 8.78 Å². The Morgan fingerprint density at radius 3 is 2.67 bits per heavy atom. The number of ether oxygens (including phenoxy) is 2. The molecule has 5 nitrogen and oxygen atoms in total. The molecule has 0 saturated carbocycles. The first-order valence-electron chi connectivity index (χ1n) is 9.46. The van der Waals surface area contributed by atoms with Gasteiger partial charge in [0.15, 0.2) is 6.10 Å². The van der Waals surface area contributed by atoms with Gasteiger partial charge in [-0.3, -0.25) is 4.90 Å². The van der Waals surface area contributed by atoms with E-state index in [4.69, 9.17) is 4.74 Å². The van der Waals surface area contributed by atoms with E-state index in [-0.39, 0.29) is 13.0 Å². The third kappa shape index (κ3) is 5.25. The summed E-state index contributed by atoms with van der Waals surface area (Å²) in [6.07, 6.45) is -1.47. The molecule has 0 aromatic carbocycles. The smallest absolute Gasteiger partial charge is 0.336 e. The Bertz CT molecular complexity index is 615. The fourth-order valence-corrected chi connectivity index (χ4v) is 5.07. The van der Waals surface area contributed by atoms with Gasteiger partial charge in [0.2, 0.25) is 6.43 Å². The second-order valence-corrected chi connectivity index (χ2v) is 7.73. The number of fused-ring (bicyclic) bond motifs is 2. The van der Waals surface area contributed by atoms with Crippen LogP contribution in [0.25, 0.3) is 0 Å². The molecule has 3 rings (SSSR count). The van der Waals surface area contributed by atoms with Crippen molar-refractivity contribution in [1.29, 1.82) is 0 Å². The number of piperidine rings is 1. The number of alkyl halides is 2. The summed E-state index contributed by atoms with van der Waals surface area (Å²) < 4.78 is 36.0. The van der Waals surface area contributed by atoms with Crippen LogP contribution < -0.4 is 0 Å². The van der Waals surface area contributed by atoms with Crippen molar-refractivity contribution in [1.82, 2.24) is 4.90 Å². The Kier molecular flexibility index (Phi) is 8.15. The van der Waals surface area contributed by atoms with E-state index in [1.165, 1.54) is 18.4 Å². The van der Waals surface area contributed by atoms with E-state index in [1.54, 1.807) is 0 Å². The SMILES string of the molecule is CC.COC(=O)C(O)CN1CCC2(CC1)OCCc1cc(CC(F)F)sc12. The molecule has 8 heteroatoms. The summed E-state index contributed by atoms with van der Waals surface area (Å²) in [6.45, 7) is 6.18. The average Bonchev–Trinajstić information content (AvgIpc) is 3.08. The number of hydrogen-bond acceptors (Lipinski definition) is 6. The van der Waals surface area contributed by atoms with E-state index in [0.29, 0.717) is 24.6 Å². The zero-order valence-electron chi connectivity index (χ0n) is 16.2. The topological polar surface area (TPSA) is 59.0 Å². The van der Waals surface area contributed by atoms with Crippen LogP contribution >= 0.6 is 11.3 Å². The van der Waals surface area contributed by atoms with Gasteiger partial charge in [0.25, 0.3) is 0 Å². The van der Waals surface area contributed by atoms with Gasteiger partial charge in [-0.05, 0) is 30.9 Å². The Hall–Kier alpha value is -1.09. The lowest BCUT2D eigenvalue weighted by Crippen LogP contribution is -2.48. The first kappa shape index (κ1) is 22.2. The lowest BCUT2D eigenvalue weighted by Gasteiger charge is -2.44. The predicted molar refractivity (Wildman–Crippen MR) is 100 cm³/mol. The van der Waals surface area contributed by atoms with Gasteiger partial charge >= 0.3 is 5.97 Å². The third-order valence-corrected chi connectivity index (χ3v) is 6.33. The number of methoxy groups -OCH3 is 1. The van der Waals surface area contributed by atoms with Crippen molar-refractivity contribution in [3.8, 4) is 0 Å². The van der Waals surface area contributed by atoms with E-state index in [2.05, 4.69) is 4.74 Å². The number of aliphatic hydroxyl groups is 1. The normalized spacial score (nSPS) is 20.0. The van der Waals surface area contributed by atoms with Gasteiger partial charge in [0, 0.05) is 35.8 Å². The maximum atomic E-state index is 12.7. The summed E-state index contributed by atoms with van der Waals surface area (Å²) in [4.78, 5) is 15.2. The van der Waals surface area contributed by atoms with Gasteiger partial charge in [-0.1, -0.05) is 13.8 Å². The van der Waals surface area contributed by atoms with Crippen LogP contribution in [0.3, 0.4) is 0 Å². The number of nitrogens with zero attached hydrogens (tertiary/aromatic N) is 1. The van der Waals surface area contributed by atoms with Gasteiger partial charge in [-0.2, -0.15) is 0 Å². The number of β-amino-alcohol motifs (C(OH)–C–C–N with tert-alkyl or cyclic N) is 1. The summed E-state index contributed by atoms with van der Waals surface area (Å²) >= 11 is 1.45. The van der Waals surface area contributed by atoms with E-state index in [1.807, 2.05) is 24.8 Å². The highest BCUT2D eigenvalue weighted by Gasteiger charge is 2.42. The molecule has 1 N–H and O–H groups in total. The fraction of sp³-hybridized carbons (Fsp3) is 0.737. The quantitative estimate of drug-likeness (QED) is 0.764. The van der Waals surface area contributed by atoms with Crippen LogP contribution in [0.5, 0.6) is 0 Å². The Labute approximate surface area is 163 Å². The van der Waals surface area contributed by atoms with Crippen LogP contribution in [-0.2, 0) is 32.7 Å². The molecular formula is C19H29F2NO4S. The minimum atomic E-state index is -2.33. The zero-order valence-corrected chi connectivity index (χ0v) is 17.0. The summed E-state index contributed by atoms with van der Waals surface area (Å²) in [5.41, 5.74) is 0.723. The molecule has 2 aliphatic rings. The third-order valence-electron chi connectivity index (χ3n) is 4.95. The van der Waals surface area contributed by atoms with E-state index < -0.39 is 24.1 Å². The molecule has 0 amide bonds. The van der Waals surface area contributed by atoms with Crippen molar-refractivity contribution < 1.29 is 28.2 Å². The highest BCUT2D eigenvalue weighted by Crippen LogP contribution is 2.45. The van der Waals surface area contributed by atoms with Gasteiger partial charge in [0.05, 0.1) is 13.7 Å². The zero-order chi connectivity index (χ0) is 20.0. The summed E-state index contributed by atoms with van der Waals surface area (Å²) in [7, 11) is 1.25. The van der Waals surface area contributed by atoms with Crippen molar-refractivity contribution in [3.63, 3.8) is 0 Å². The van der Waals surface area contributed by atoms with E-state index >= 15 is 0 Å². The second-order valence-electron chi connectivity index (χ2n) is 6.59. The fourth-order valence-electron chi connectivity index (χ4n) is 3.66. The van der Waals surface area contributed by atoms with Gasteiger partial charge in [-0.15, -0.1) is 11.3 Å². The van der Waals surface area contributed by atoms with Crippen LogP contribution in [-0.4, -0.2) is 61.9 Å². The van der Waals surface area contributed by atoms with Crippen molar-refractivity contribution in [3.05, 3.63) is 21.4 Å². The molecule has 1 spiro atoms. The summed E-state index contributed by atoms with van der Waals surface area (Å²) in [5.74, 6) is -0.633. The number of hydrogen-bond donors (Lipinski definition) is 1. The number of rotatable bonds is 5. The summed E-state index contributed by atoms with van der Waals surface area (Å²) in [5, 5.41) is 9.80. The van der Waals surface area contributed by atoms with E-state index in [0.717, 1.165) is 29.7 Å². The Morgan fingerprint density at radius 1 is 1.41 bits per heavy atom.